The Hall–Kier alpha value is -2.15. The van der Waals surface area contributed by atoms with Gasteiger partial charge in [0.05, 0.1) is 12.4 Å². The monoisotopic (exact) mass is 206 g/mol. The lowest BCUT2D eigenvalue weighted by molar-refractivity contribution is 0.461. The second-order valence-electron chi connectivity index (χ2n) is 2.84. The molecule has 2 heterocycles. The van der Waals surface area contributed by atoms with Crippen LogP contribution in [-0.4, -0.2) is 19.7 Å². The minimum atomic E-state index is 0.408. The fraction of sp³-hybridized carbons (Fsp3) is 0.125. The number of nitrogen functional groups attached to an aromatic ring is 1. The SMILES string of the molecule is Cn1cc(Oc2cc(NN)ncn2)cn1. The van der Waals surface area contributed by atoms with Crippen molar-refractivity contribution < 1.29 is 4.74 Å². The van der Waals surface area contributed by atoms with Crippen LogP contribution in [0.15, 0.2) is 24.8 Å². The number of hydrogen-bond acceptors (Lipinski definition) is 6. The Morgan fingerprint density at radius 1 is 1.47 bits per heavy atom. The number of anilines is 1. The Labute approximate surface area is 85.9 Å². The molecule has 0 radical (unpaired) electrons. The average Bonchev–Trinajstić information content (AvgIpc) is 2.64. The van der Waals surface area contributed by atoms with E-state index >= 15 is 0 Å². The third kappa shape index (κ3) is 2.20. The summed E-state index contributed by atoms with van der Waals surface area (Å²) in [4.78, 5) is 7.78. The molecule has 2 aromatic heterocycles. The Balaban J connectivity index is 2.16. The van der Waals surface area contributed by atoms with Crippen LogP contribution in [0.3, 0.4) is 0 Å². The highest BCUT2D eigenvalue weighted by Gasteiger charge is 2.01. The predicted octanol–water partition coefficient (Wildman–Crippen LogP) is 0.288. The molecule has 0 fully saturated rings. The Morgan fingerprint density at radius 3 is 3.00 bits per heavy atom. The number of rotatable bonds is 3. The summed E-state index contributed by atoms with van der Waals surface area (Å²) in [6.07, 6.45) is 4.69. The van der Waals surface area contributed by atoms with Gasteiger partial charge in [0, 0.05) is 13.1 Å². The first-order valence-corrected chi connectivity index (χ1v) is 4.23. The van der Waals surface area contributed by atoms with Gasteiger partial charge in [-0.1, -0.05) is 0 Å². The molecule has 0 aromatic carbocycles. The molecule has 15 heavy (non-hydrogen) atoms. The summed E-state index contributed by atoms with van der Waals surface area (Å²) in [6, 6.07) is 1.59. The lowest BCUT2D eigenvalue weighted by Gasteiger charge is -2.02. The predicted molar refractivity (Wildman–Crippen MR) is 53.1 cm³/mol. The smallest absolute Gasteiger partial charge is 0.224 e. The van der Waals surface area contributed by atoms with E-state index in [0.717, 1.165) is 0 Å². The second-order valence-corrected chi connectivity index (χ2v) is 2.84. The van der Waals surface area contributed by atoms with Crippen molar-refractivity contribution in [2.75, 3.05) is 5.43 Å². The van der Waals surface area contributed by atoms with E-state index in [-0.39, 0.29) is 0 Å². The summed E-state index contributed by atoms with van der Waals surface area (Å²) in [5.41, 5.74) is 2.41. The van der Waals surface area contributed by atoms with Crippen molar-refractivity contribution in [1.82, 2.24) is 19.7 Å². The third-order valence-electron chi connectivity index (χ3n) is 1.69. The molecule has 7 nitrogen and oxygen atoms in total. The molecule has 3 N–H and O–H groups in total. The first-order valence-electron chi connectivity index (χ1n) is 4.23. The average molecular weight is 206 g/mol. The lowest BCUT2D eigenvalue weighted by atomic mass is 10.5. The highest BCUT2D eigenvalue weighted by molar-refractivity contribution is 5.36. The van der Waals surface area contributed by atoms with Crippen molar-refractivity contribution in [2.45, 2.75) is 0 Å². The number of ether oxygens (including phenoxy) is 1. The molecular weight excluding hydrogens is 196 g/mol. The molecule has 0 aliphatic carbocycles. The highest BCUT2D eigenvalue weighted by atomic mass is 16.5. The number of nitrogens with two attached hydrogens (primary N) is 1. The van der Waals surface area contributed by atoms with E-state index < -0.39 is 0 Å². The summed E-state index contributed by atoms with van der Waals surface area (Å²) < 4.78 is 7.05. The molecule has 78 valence electrons. The van der Waals surface area contributed by atoms with Crippen LogP contribution in [0.2, 0.25) is 0 Å². The van der Waals surface area contributed by atoms with Gasteiger partial charge in [-0.25, -0.2) is 15.8 Å². The fourth-order valence-electron chi connectivity index (χ4n) is 1.05. The van der Waals surface area contributed by atoms with Crippen LogP contribution in [0.25, 0.3) is 0 Å². The summed E-state index contributed by atoms with van der Waals surface area (Å²) in [5.74, 6) is 6.71. The maximum atomic E-state index is 5.41. The molecule has 0 atom stereocenters. The zero-order chi connectivity index (χ0) is 10.7. The number of hydrazine groups is 1. The van der Waals surface area contributed by atoms with Crippen LogP contribution in [0, 0.1) is 0 Å². The van der Waals surface area contributed by atoms with Crippen LogP contribution >= 0.6 is 0 Å². The second kappa shape index (κ2) is 3.93. The molecule has 0 aliphatic heterocycles. The molecule has 2 rings (SSSR count). The maximum absolute atomic E-state index is 5.41. The molecule has 7 heteroatoms. The fourth-order valence-corrected chi connectivity index (χ4v) is 1.05. The van der Waals surface area contributed by atoms with Crippen LogP contribution in [0.5, 0.6) is 11.6 Å². The quantitative estimate of drug-likeness (QED) is 0.554. The van der Waals surface area contributed by atoms with Crippen LogP contribution in [-0.2, 0) is 7.05 Å². The van der Waals surface area contributed by atoms with Crippen molar-refractivity contribution in [3.63, 3.8) is 0 Å². The molecule has 0 aliphatic rings. The van der Waals surface area contributed by atoms with E-state index in [0.29, 0.717) is 17.4 Å². The van der Waals surface area contributed by atoms with Crippen molar-refractivity contribution in [3.8, 4) is 11.6 Å². The van der Waals surface area contributed by atoms with Gasteiger partial charge in [-0.2, -0.15) is 5.10 Å². The maximum Gasteiger partial charge on any atom is 0.224 e. The van der Waals surface area contributed by atoms with Crippen molar-refractivity contribution in [1.29, 1.82) is 0 Å². The van der Waals surface area contributed by atoms with Gasteiger partial charge in [0.2, 0.25) is 5.88 Å². The Morgan fingerprint density at radius 2 is 2.33 bits per heavy atom. The highest BCUT2D eigenvalue weighted by Crippen LogP contribution is 2.18. The lowest BCUT2D eigenvalue weighted by Crippen LogP contribution is -2.08. The zero-order valence-corrected chi connectivity index (χ0v) is 8.08. The molecular formula is C8H10N6O. The van der Waals surface area contributed by atoms with E-state index in [4.69, 9.17) is 10.6 Å². The molecule has 2 aromatic rings. The van der Waals surface area contributed by atoms with Crippen molar-refractivity contribution in [3.05, 3.63) is 24.8 Å². The van der Waals surface area contributed by atoms with Gasteiger partial charge in [0.1, 0.15) is 12.1 Å². The van der Waals surface area contributed by atoms with Crippen molar-refractivity contribution >= 4 is 5.82 Å². The third-order valence-corrected chi connectivity index (χ3v) is 1.69. The van der Waals surface area contributed by atoms with Gasteiger partial charge >= 0.3 is 0 Å². The number of hydrogen-bond donors (Lipinski definition) is 2. The molecule has 0 bridgehead atoms. The number of aryl methyl sites for hydroxylation is 1. The Kier molecular flexibility index (Phi) is 2.46. The standard InChI is InChI=1S/C8H10N6O/c1-14-4-6(3-12-14)15-8-2-7(13-9)10-5-11-8/h2-5H,9H2,1H3,(H,10,11,13). The zero-order valence-electron chi connectivity index (χ0n) is 8.08. The van der Waals surface area contributed by atoms with Crippen molar-refractivity contribution in [2.24, 2.45) is 12.9 Å². The molecule has 0 saturated carbocycles. The van der Waals surface area contributed by atoms with Gasteiger partial charge < -0.3 is 10.2 Å². The molecule has 0 saturated heterocycles. The number of aromatic nitrogens is 4. The van der Waals surface area contributed by atoms with E-state index in [1.807, 2.05) is 0 Å². The summed E-state index contributed by atoms with van der Waals surface area (Å²) in [7, 11) is 1.81. The summed E-state index contributed by atoms with van der Waals surface area (Å²) in [6.45, 7) is 0. The summed E-state index contributed by atoms with van der Waals surface area (Å²) in [5, 5.41) is 3.96. The minimum absolute atomic E-state index is 0.408. The van der Waals surface area contributed by atoms with E-state index in [9.17, 15) is 0 Å². The molecule has 0 unspecified atom stereocenters. The number of nitrogens with zero attached hydrogens (tertiary/aromatic N) is 4. The van der Waals surface area contributed by atoms with Gasteiger partial charge in [-0.3, -0.25) is 4.68 Å². The normalized spacial score (nSPS) is 10.0. The topological polar surface area (TPSA) is 90.9 Å². The first-order chi connectivity index (χ1) is 7.28. The van der Waals surface area contributed by atoms with Gasteiger partial charge in [-0.15, -0.1) is 0 Å². The minimum Gasteiger partial charge on any atom is -0.436 e. The van der Waals surface area contributed by atoms with E-state index in [1.165, 1.54) is 6.33 Å². The van der Waals surface area contributed by atoms with Gasteiger partial charge in [0.25, 0.3) is 0 Å². The van der Waals surface area contributed by atoms with E-state index in [1.54, 1.807) is 30.2 Å². The van der Waals surface area contributed by atoms with Crippen LogP contribution in [0.1, 0.15) is 0 Å². The van der Waals surface area contributed by atoms with Crippen LogP contribution < -0.4 is 16.0 Å². The number of nitrogens with one attached hydrogen (secondary N) is 1. The largest absolute Gasteiger partial charge is 0.436 e. The van der Waals surface area contributed by atoms with Gasteiger partial charge in [-0.05, 0) is 0 Å². The summed E-state index contributed by atoms with van der Waals surface area (Å²) >= 11 is 0. The van der Waals surface area contributed by atoms with Crippen LogP contribution in [0.4, 0.5) is 5.82 Å². The molecule has 0 amide bonds. The molecule has 0 spiro atoms. The first kappa shape index (κ1) is 9.41. The van der Waals surface area contributed by atoms with E-state index in [2.05, 4.69) is 20.5 Å². The Bertz CT molecular complexity index is 454. The van der Waals surface area contributed by atoms with Gasteiger partial charge in [0.15, 0.2) is 5.75 Å².